The zero-order valence-corrected chi connectivity index (χ0v) is 18.4. The van der Waals surface area contributed by atoms with Gasteiger partial charge in [-0.25, -0.2) is 9.97 Å². The van der Waals surface area contributed by atoms with E-state index in [1.54, 1.807) is 0 Å². The van der Waals surface area contributed by atoms with E-state index in [2.05, 4.69) is 47.7 Å². The molecule has 6 heteroatoms. The van der Waals surface area contributed by atoms with Crippen LogP contribution in [0.5, 0.6) is 0 Å². The first-order chi connectivity index (χ1) is 13.9. The Hall–Kier alpha value is -2.47. The molecule has 1 saturated heterocycles. The highest BCUT2D eigenvalue weighted by molar-refractivity contribution is 5.95. The van der Waals surface area contributed by atoms with E-state index >= 15 is 0 Å². The molecule has 1 aromatic heterocycles. The van der Waals surface area contributed by atoms with Crippen LogP contribution in [0.3, 0.4) is 0 Å². The second-order valence-corrected chi connectivity index (χ2v) is 8.07. The average molecular weight is 396 g/mol. The smallest absolute Gasteiger partial charge is 0.241 e. The van der Waals surface area contributed by atoms with Gasteiger partial charge in [0.25, 0.3) is 0 Å². The second kappa shape index (κ2) is 9.35. The van der Waals surface area contributed by atoms with Crippen LogP contribution in [0, 0.1) is 13.8 Å². The van der Waals surface area contributed by atoms with Gasteiger partial charge in [-0.05, 0) is 32.4 Å². The lowest BCUT2D eigenvalue weighted by Crippen LogP contribution is -2.50. The molecule has 29 heavy (non-hydrogen) atoms. The van der Waals surface area contributed by atoms with E-state index in [-0.39, 0.29) is 5.91 Å². The monoisotopic (exact) mass is 395 g/mol. The summed E-state index contributed by atoms with van der Waals surface area (Å²) in [6, 6.07) is 10.1. The van der Waals surface area contributed by atoms with Crippen molar-refractivity contribution in [3.63, 3.8) is 0 Å². The SMILES string of the molecule is CCN(C(=O)CN1CCN(c2cc(C)nc(C(C)C)n2)CC1)c1ccccc1C. The molecule has 0 unspecified atom stereocenters. The van der Waals surface area contributed by atoms with Gasteiger partial charge in [0.1, 0.15) is 11.6 Å². The third-order valence-corrected chi connectivity index (χ3v) is 5.45. The van der Waals surface area contributed by atoms with E-state index in [4.69, 9.17) is 4.98 Å². The van der Waals surface area contributed by atoms with Crippen LogP contribution in [0.15, 0.2) is 30.3 Å². The van der Waals surface area contributed by atoms with Gasteiger partial charge in [0, 0.05) is 56.1 Å². The molecule has 0 N–H and O–H groups in total. The molecule has 0 radical (unpaired) electrons. The molecule has 0 atom stereocenters. The number of hydrogen-bond donors (Lipinski definition) is 0. The Balaban J connectivity index is 1.61. The van der Waals surface area contributed by atoms with Crippen LogP contribution in [-0.4, -0.2) is 60.0 Å². The predicted molar refractivity (Wildman–Crippen MR) is 119 cm³/mol. The molecule has 156 valence electrons. The fraction of sp³-hybridized carbons (Fsp3) is 0.522. The van der Waals surface area contributed by atoms with Crippen molar-refractivity contribution < 1.29 is 4.79 Å². The number of carbonyl (C=O) groups excluding carboxylic acids is 1. The number of piperazine rings is 1. The molecular formula is C23H33N5O. The molecule has 1 aromatic carbocycles. The van der Waals surface area contributed by atoms with Crippen LogP contribution in [0.25, 0.3) is 0 Å². The standard InChI is InChI=1S/C23H33N5O/c1-6-28(20-10-8-7-9-18(20)4)22(29)16-26-11-13-27(14-12-26)21-15-19(5)24-23(25-21)17(2)3/h7-10,15,17H,6,11-14,16H2,1-5H3. The van der Waals surface area contributed by atoms with Gasteiger partial charge in [0.2, 0.25) is 5.91 Å². The summed E-state index contributed by atoms with van der Waals surface area (Å²) in [5.41, 5.74) is 3.15. The van der Waals surface area contributed by atoms with Crippen molar-refractivity contribution in [1.29, 1.82) is 0 Å². The Morgan fingerprint density at radius 1 is 1.10 bits per heavy atom. The largest absolute Gasteiger partial charge is 0.354 e. The highest BCUT2D eigenvalue weighted by Crippen LogP contribution is 2.21. The highest BCUT2D eigenvalue weighted by Gasteiger charge is 2.23. The Morgan fingerprint density at radius 3 is 2.41 bits per heavy atom. The Labute approximate surface area is 174 Å². The second-order valence-electron chi connectivity index (χ2n) is 8.07. The Kier molecular flexibility index (Phi) is 6.85. The Bertz CT molecular complexity index is 843. The number of nitrogens with zero attached hydrogens (tertiary/aromatic N) is 5. The maximum Gasteiger partial charge on any atom is 0.241 e. The number of para-hydroxylation sites is 1. The quantitative estimate of drug-likeness (QED) is 0.750. The molecular weight excluding hydrogens is 362 g/mol. The van der Waals surface area contributed by atoms with Crippen molar-refractivity contribution in [2.75, 3.05) is 49.1 Å². The number of aromatic nitrogens is 2. The normalized spacial score (nSPS) is 15.0. The van der Waals surface area contributed by atoms with Crippen molar-refractivity contribution in [1.82, 2.24) is 14.9 Å². The first-order valence-corrected chi connectivity index (χ1v) is 10.6. The van der Waals surface area contributed by atoms with Crippen LogP contribution in [-0.2, 0) is 4.79 Å². The third kappa shape index (κ3) is 5.12. The first-order valence-electron chi connectivity index (χ1n) is 10.6. The molecule has 1 aliphatic heterocycles. The predicted octanol–water partition coefficient (Wildman–Crippen LogP) is 3.39. The molecule has 1 fully saturated rings. The number of anilines is 2. The van der Waals surface area contributed by atoms with Gasteiger partial charge in [-0.3, -0.25) is 9.69 Å². The molecule has 0 saturated carbocycles. The number of amides is 1. The van der Waals surface area contributed by atoms with Crippen molar-refractivity contribution in [3.8, 4) is 0 Å². The lowest BCUT2D eigenvalue weighted by atomic mass is 10.1. The average Bonchev–Trinajstić information content (AvgIpc) is 2.70. The van der Waals surface area contributed by atoms with Gasteiger partial charge < -0.3 is 9.80 Å². The topological polar surface area (TPSA) is 52.6 Å². The number of likely N-dealkylation sites (N-methyl/N-ethyl adjacent to an activating group) is 1. The number of rotatable bonds is 6. The molecule has 1 aliphatic rings. The summed E-state index contributed by atoms with van der Waals surface area (Å²) < 4.78 is 0. The van der Waals surface area contributed by atoms with Gasteiger partial charge in [0.05, 0.1) is 6.54 Å². The van der Waals surface area contributed by atoms with Crippen molar-refractivity contribution >= 4 is 17.4 Å². The van der Waals surface area contributed by atoms with E-state index in [0.29, 0.717) is 19.0 Å². The maximum atomic E-state index is 13.0. The summed E-state index contributed by atoms with van der Waals surface area (Å²) in [6.45, 7) is 15.0. The summed E-state index contributed by atoms with van der Waals surface area (Å²) in [5, 5.41) is 0. The lowest BCUT2D eigenvalue weighted by Gasteiger charge is -2.36. The van der Waals surface area contributed by atoms with E-state index in [1.807, 2.05) is 36.9 Å². The summed E-state index contributed by atoms with van der Waals surface area (Å²) in [7, 11) is 0. The Morgan fingerprint density at radius 2 is 1.79 bits per heavy atom. The van der Waals surface area contributed by atoms with E-state index in [0.717, 1.165) is 54.8 Å². The molecule has 2 aromatic rings. The summed E-state index contributed by atoms with van der Waals surface area (Å²) in [5.74, 6) is 2.38. The maximum absolute atomic E-state index is 13.0. The van der Waals surface area contributed by atoms with Gasteiger partial charge in [0.15, 0.2) is 0 Å². The van der Waals surface area contributed by atoms with E-state index < -0.39 is 0 Å². The molecule has 0 aliphatic carbocycles. The van der Waals surface area contributed by atoms with Gasteiger partial charge >= 0.3 is 0 Å². The molecule has 0 bridgehead atoms. The van der Waals surface area contributed by atoms with Crippen molar-refractivity contribution in [2.45, 2.75) is 40.5 Å². The summed E-state index contributed by atoms with van der Waals surface area (Å²) in [4.78, 5) is 28.7. The summed E-state index contributed by atoms with van der Waals surface area (Å²) >= 11 is 0. The van der Waals surface area contributed by atoms with Crippen LogP contribution in [0.4, 0.5) is 11.5 Å². The number of hydrogen-bond acceptors (Lipinski definition) is 5. The molecule has 6 nitrogen and oxygen atoms in total. The van der Waals surface area contributed by atoms with Crippen LogP contribution >= 0.6 is 0 Å². The highest BCUT2D eigenvalue weighted by atomic mass is 16.2. The minimum Gasteiger partial charge on any atom is -0.354 e. The zero-order chi connectivity index (χ0) is 21.0. The molecule has 1 amide bonds. The third-order valence-electron chi connectivity index (χ3n) is 5.45. The van der Waals surface area contributed by atoms with Crippen molar-refractivity contribution in [3.05, 3.63) is 47.4 Å². The number of carbonyl (C=O) groups is 1. The van der Waals surface area contributed by atoms with Crippen LogP contribution in [0.1, 0.15) is 43.8 Å². The molecule has 0 spiro atoms. The van der Waals surface area contributed by atoms with Gasteiger partial charge in [-0.15, -0.1) is 0 Å². The van der Waals surface area contributed by atoms with Crippen molar-refractivity contribution in [2.24, 2.45) is 0 Å². The van der Waals surface area contributed by atoms with Gasteiger partial charge in [-0.1, -0.05) is 32.0 Å². The zero-order valence-electron chi connectivity index (χ0n) is 18.4. The molecule has 2 heterocycles. The lowest BCUT2D eigenvalue weighted by molar-refractivity contribution is -0.119. The van der Waals surface area contributed by atoms with E-state index in [9.17, 15) is 4.79 Å². The number of benzene rings is 1. The fourth-order valence-electron chi connectivity index (χ4n) is 3.75. The first kappa shape index (κ1) is 21.2. The molecule has 3 rings (SSSR count). The minimum atomic E-state index is 0.162. The van der Waals surface area contributed by atoms with Gasteiger partial charge in [-0.2, -0.15) is 0 Å². The fourth-order valence-corrected chi connectivity index (χ4v) is 3.75. The van der Waals surface area contributed by atoms with E-state index in [1.165, 1.54) is 0 Å². The minimum absolute atomic E-state index is 0.162. The van der Waals surface area contributed by atoms with Crippen LogP contribution in [0.2, 0.25) is 0 Å². The number of aryl methyl sites for hydroxylation is 2. The summed E-state index contributed by atoms with van der Waals surface area (Å²) in [6.07, 6.45) is 0. The van der Waals surface area contributed by atoms with Crippen LogP contribution < -0.4 is 9.80 Å².